The number of aliphatic hydroxyl groups is 1. The van der Waals surface area contributed by atoms with E-state index in [0.717, 1.165) is 80.9 Å². The van der Waals surface area contributed by atoms with Crippen LogP contribution in [0.5, 0.6) is 5.75 Å². The molecule has 0 bridgehead atoms. The molecule has 62 heavy (non-hydrogen) atoms. The molecule has 1 fully saturated rings. The Kier molecular flexibility index (Phi) is 13.0. The van der Waals surface area contributed by atoms with E-state index in [2.05, 4.69) is 66.7 Å². The van der Waals surface area contributed by atoms with Gasteiger partial charge in [0.25, 0.3) is 0 Å². The summed E-state index contributed by atoms with van der Waals surface area (Å²) in [5, 5.41) is 30.6. The molecule has 4 heterocycles. The molecular weight excluding hydrogens is 835 g/mol. The Morgan fingerprint density at radius 3 is 2.42 bits per heavy atom. The SMILES string of the molecule is CN(CCCn1cnc2cc(CNC[C@H](O[Si](C)(C)C(C)(C)C)c3ccc(O)c4[nH]c(=O)ccc34)c3c(c21)CCC3)C1CCC(OC(=O)C(O)(c2cccs2)c2cccs2)CC1. The third-order valence-electron chi connectivity index (χ3n) is 13.7. The van der Waals surface area contributed by atoms with Crippen LogP contribution < -0.4 is 10.9 Å². The molecule has 4 aromatic heterocycles. The Balaban J connectivity index is 0.886. The summed E-state index contributed by atoms with van der Waals surface area (Å²) >= 11 is 2.73. The first-order chi connectivity index (χ1) is 29.6. The first-order valence-corrected chi connectivity index (χ1v) is 26.7. The molecule has 14 heteroatoms. The number of esters is 1. The number of phenols is 1. The molecule has 330 valence electrons. The van der Waals surface area contributed by atoms with Crippen molar-refractivity contribution in [1.29, 1.82) is 0 Å². The number of phenolic OH excluding ortho intramolecular Hbond substituents is 1. The van der Waals surface area contributed by atoms with E-state index in [9.17, 15) is 19.8 Å². The number of imidazole rings is 1. The van der Waals surface area contributed by atoms with Gasteiger partial charge in [0, 0.05) is 37.1 Å². The van der Waals surface area contributed by atoms with Crippen molar-refractivity contribution < 1.29 is 24.2 Å². The van der Waals surface area contributed by atoms with E-state index in [-0.39, 0.29) is 28.6 Å². The fraction of sp³-hybridized carbons (Fsp3) is 0.479. The van der Waals surface area contributed by atoms with Gasteiger partial charge in [-0.1, -0.05) is 39.0 Å². The molecule has 0 saturated heterocycles. The molecule has 6 aromatic rings. The summed E-state index contributed by atoms with van der Waals surface area (Å²) in [6.45, 7) is 14.3. The Labute approximate surface area is 373 Å². The number of benzene rings is 2. The second-order valence-electron chi connectivity index (χ2n) is 18.8. The van der Waals surface area contributed by atoms with Crippen LogP contribution in [-0.2, 0) is 45.5 Å². The molecular formula is C48H61N5O6S2Si. The number of aromatic amines is 1. The van der Waals surface area contributed by atoms with Gasteiger partial charge in [-0.2, -0.15) is 0 Å². The number of hydrogen-bond donors (Lipinski definition) is 4. The van der Waals surface area contributed by atoms with E-state index in [1.54, 1.807) is 24.3 Å². The van der Waals surface area contributed by atoms with Crippen LogP contribution in [0, 0.1) is 0 Å². The normalized spacial score (nSPS) is 17.9. The quantitative estimate of drug-likeness (QED) is 0.0553. The number of ether oxygens (including phenoxy) is 1. The van der Waals surface area contributed by atoms with E-state index < -0.39 is 19.9 Å². The maximum Gasteiger partial charge on any atom is 0.349 e. The number of rotatable bonds is 16. The number of aromatic hydroxyl groups is 1. The molecule has 2 aliphatic rings. The van der Waals surface area contributed by atoms with Gasteiger partial charge >= 0.3 is 5.97 Å². The van der Waals surface area contributed by atoms with Crippen LogP contribution in [0.2, 0.25) is 18.1 Å². The number of pyridine rings is 1. The summed E-state index contributed by atoms with van der Waals surface area (Å²) in [4.78, 5) is 37.1. The zero-order valence-electron chi connectivity index (χ0n) is 36.8. The van der Waals surface area contributed by atoms with E-state index in [1.165, 1.54) is 50.9 Å². The lowest BCUT2D eigenvalue weighted by Crippen LogP contribution is -2.43. The zero-order chi connectivity index (χ0) is 43.8. The molecule has 0 unspecified atom stereocenters. The summed E-state index contributed by atoms with van der Waals surface area (Å²) in [5.74, 6) is -0.534. The molecule has 4 N–H and O–H groups in total. The number of hydrogen-bond acceptors (Lipinski definition) is 11. The first kappa shape index (κ1) is 44.5. The molecule has 0 spiro atoms. The van der Waals surface area contributed by atoms with Gasteiger partial charge in [0.05, 0.1) is 38.7 Å². The van der Waals surface area contributed by atoms with Crippen LogP contribution in [-0.4, -0.2) is 76.2 Å². The van der Waals surface area contributed by atoms with E-state index in [1.807, 2.05) is 35.3 Å². The summed E-state index contributed by atoms with van der Waals surface area (Å²) in [6.07, 6.45) is 9.19. The minimum atomic E-state index is -2.21. The molecule has 1 saturated carbocycles. The van der Waals surface area contributed by atoms with Crippen LogP contribution in [0.4, 0.5) is 0 Å². The van der Waals surface area contributed by atoms with Gasteiger partial charge in [-0.25, -0.2) is 9.78 Å². The van der Waals surface area contributed by atoms with Crippen LogP contribution in [0.3, 0.4) is 0 Å². The minimum absolute atomic E-state index is 0.00479. The molecule has 0 radical (unpaired) electrons. The number of nitrogens with one attached hydrogen (secondary N) is 2. The van der Waals surface area contributed by atoms with Gasteiger partial charge < -0.3 is 39.1 Å². The Bertz CT molecular complexity index is 2520. The number of thiophene rings is 2. The third-order valence-corrected chi connectivity index (χ3v) is 20.2. The average Bonchev–Trinajstić information content (AvgIpc) is 4.09. The van der Waals surface area contributed by atoms with Crippen molar-refractivity contribution in [2.75, 3.05) is 20.1 Å². The summed E-state index contributed by atoms with van der Waals surface area (Å²) in [5.41, 5.74) is 5.79. The highest BCUT2D eigenvalue weighted by atomic mass is 32.1. The van der Waals surface area contributed by atoms with E-state index >= 15 is 0 Å². The van der Waals surface area contributed by atoms with Gasteiger partial charge in [-0.3, -0.25) is 4.79 Å². The topological polar surface area (TPSA) is 142 Å². The Morgan fingerprint density at radius 1 is 1.03 bits per heavy atom. The standard InChI is InChI=1S/C48H61N5O6S2Si/c1-47(2,3)62(5,6)59-40(35-19-21-39(54)44-36(35)20-22-43(55)51-44)29-49-28-31-27-38-45(37-12-7-11-34(31)37)53(30-50-38)24-10-23-52(4)32-15-17-33(18-16-32)58-46(56)48(57,41-13-8-25-60-41)42-14-9-26-61-42/h8-9,13-14,19-22,25-27,30,32-33,40,49,54,57H,7,10-12,15-18,23-24,28-29H2,1-6H3,(H,51,55)/t32?,33?,40-/m0/s1. The van der Waals surface area contributed by atoms with E-state index in [4.69, 9.17) is 14.1 Å². The van der Waals surface area contributed by atoms with E-state index in [0.29, 0.717) is 34.4 Å². The van der Waals surface area contributed by atoms with Gasteiger partial charge in [0.15, 0.2) is 8.32 Å². The largest absolute Gasteiger partial charge is 0.506 e. The maximum absolute atomic E-state index is 13.5. The number of carbonyl (C=O) groups is 1. The average molecular weight is 896 g/mol. The van der Waals surface area contributed by atoms with Crippen molar-refractivity contribution in [3.05, 3.63) is 114 Å². The Hall–Kier alpha value is -4.15. The van der Waals surface area contributed by atoms with Crippen LogP contribution >= 0.6 is 22.7 Å². The monoisotopic (exact) mass is 895 g/mol. The summed E-state index contributed by atoms with van der Waals surface area (Å²) < 4.78 is 15.4. The van der Waals surface area contributed by atoms with Crippen LogP contribution in [0.1, 0.15) is 97.4 Å². The second kappa shape index (κ2) is 18.1. The van der Waals surface area contributed by atoms with Crippen molar-refractivity contribution in [2.24, 2.45) is 0 Å². The fourth-order valence-electron chi connectivity index (χ4n) is 9.20. The zero-order valence-corrected chi connectivity index (χ0v) is 39.5. The number of aromatic nitrogens is 3. The number of carbonyl (C=O) groups excluding carboxylic acids is 1. The van der Waals surface area contributed by atoms with Crippen molar-refractivity contribution in [2.45, 2.75) is 127 Å². The molecule has 2 aliphatic carbocycles. The van der Waals surface area contributed by atoms with Crippen molar-refractivity contribution in [1.82, 2.24) is 24.8 Å². The van der Waals surface area contributed by atoms with Crippen molar-refractivity contribution >= 4 is 58.9 Å². The highest BCUT2D eigenvalue weighted by Gasteiger charge is 2.45. The highest BCUT2D eigenvalue weighted by molar-refractivity contribution is 7.12. The van der Waals surface area contributed by atoms with Gasteiger partial charge in [0.1, 0.15) is 11.9 Å². The molecule has 8 rings (SSSR count). The number of fused-ring (bicyclic) bond motifs is 4. The summed E-state index contributed by atoms with van der Waals surface area (Å²) in [6, 6.07) is 16.9. The molecule has 1 atom stereocenters. The van der Waals surface area contributed by atoms with Crippen molar-refractivity contribution in [3.63, 3.8) is 0 Å². The Morgan fingerprint density at radius 2 is 1.74 bits per heavy atom. The van der Waals surface area contributed by atoms with Gasteiger partial charge in [-0.05, 0) is 146 Å². The number of aryl methyl sites for hydroxylation is 2. The lowest BCUT2D eigenvalue weighted by atomic mass is 9.91. The molecule has 11 nitrogen and oxygen atoms in total. The summed E-state index contributed by atoms with van der Waals surface area (Å²) in [7, 11) is -0.00691. The van der Waals surface area contributed by atoms with Crippen LogP contribution in [0.15, 0.2) is 76.5 Å². The minimum Gasteiger partial charge on any atom is -0.506 e. The van der Waals surface area contributed by atoms with Crippen molar-refractivity contribution in [3.8, 4) is 5.75 Å². The van der Waals surface area contributed by atoms with Gasteiger partial charge in [0.2, 0.25) is 11.2 Å². The molecule has 0 amide bonds. The maximum atomic E-state index is 13.5. The molecule has 2 aromatic carbocycles. The predicted molar refractivity (Wildman–Crippen MR) is 252 cm³/mol. The second-order valence-corrected chi connectivity index (χ2v) is 25.4. The lowest BCUT2D eigenvalue weighted by molar-refractivity contribution is -0.169. The number of H-pyrrole nitrogens is 1. The highest BCUT2D eigenvalue weighted by Crippen LogP contribution is 2.42. The van der Waals surface area contributed by atoms with Gasteiger partial charge in [-0.15, -0.1) is 22.7 Å². The predicted octanol–water partition coefficient (Wildman–Crippen LogP) is 9.16. The smallest absolute Gasteiger partial charge is 0.349 e. The first-order valence-electron chi connectivity index (χ1n) is 22.1. The third kappa shape index (κ3) is 8.97. The molecule has 0 aliphatic heterocycles. The lowest BCUT2D eigenvalue weighted by Gasteiger charge is -2.39. The fourth-order valence-corrected chi connectivity index (χ4v) is 12.2. The number of nitrogens with zero attached hydrogens (tertiary/aromatic N) is 3. The van der Waals surface area contributed by atoms with Crippen LogP contribution in [0.25, 0.3) is 21.9 Å².